The molecule has 0 radical (unpaired) electrons. The van der Waals surface area contributed by atoms with E-state index in [0.717, 1.165) is 12.8 Å². The van der Waals surface area contributed by atoms with E-state index in [-0.39, 0.29) is 17.8 Å². The summed E-state index contributed by atoms with van der Waals surface area (Å²) in [5.74, 6) is 0.103. The lowest BCUT2D eigenvalue weighted by atomic mass is 9.92. The first-order chi connectivity index (χ1) is 8.83. The van der Waals surface area contributed by atoms with Crippen molar-refractivity contribution < 1.29 is 19.1 Å². The van der Waals surface area contributed by atoms with Gasteiger partial charge < -0.3 is 14.4 Å². The SMILES string of the molecule is COCCC(=O)[C@@H]1CCCN(C(=O)OC(C)(C)C)C1. The van der Waals surface area contributed by atoms with Crippen LogP contribution in [-0.2, 0) is 14.3 Å². The number of hydrogen-bond acceptors (Lipinski definition) is 4. The van der Waals surface area contributed by atoms with E-state index in [1.165, 1.54) is 0 Å². The van der Waals surface area contributed by atoms with E-state index in [1.54, 1.807) is 12.0 Å². The Morgan fingerprint density at radius 3 is 2.58 bits per heavy atom. The summed E-state index contributed by atoms with van der Waals surface area (Å²) in [6.45, 7) is 7.12. The number of hydrogen-bond donors (Lipinski definition) is 0. The fraction of sp³-hybridized carbons (Fsp3) is 0.857. The van der Waals surface area contributed by atoms with Gasteiger partial charge in [-0.25, -0.2) is 4.79 Å². The lowest BCUT2D eigenvalue weighted by Gasteiger charge is -2.33. The predicted octanol–water partition coefficient (Wildman–Crippen LogP) is 2.24. The maximum absolute atomic E-state index is 12.0. The monoisotopic (exact) mass is 271 g/mol. The number of rotatable bonds is 4. The minimum Gasteiger partial charge on any atom is -0.444 e. The van der Waals surface area contributed by atoms with Crippen LogP contribution in [-0.4, -0.2) is 49.2 Å². The van der Waals surface area contributed by atoms with Crippen LogP contribution in [0.5, 0.6) is 0 Å². The molecule has 19 heavy (non-hydrogen) atoms. The van der Waals surface area contributed by atoms with E-state index in [0.29, 0.717) is 26.1 Å². The van der Waals surface area contributed by atoms with Gasteiger partial charge >= 0.3 is 6.09 Å². The van der Waals surface area contributed by atoms with Crippen LogP contribution < -0.4 is 0 Å². The summed E-state index contributed by atoms with van der Waals surface area (Å²) in [6, 6.07) is 0. The van der Waals surface area contributed by atoms with Gasteiger partial charge in [0.1, 0.15) is 11.4 Å². The van der Waals surface area contributed by atoms with E-state index in [9.17, 15) is 9.59 Å². The van der Waals surface area contributed by atoms with Gasteiger partial charge in [0.25, 0.3) is 0 Å². The molecule has 1 saturated heterocycles. The van der Waals surface area contributed by atoms with Crippen LogP contribution in [0.15, 0.2) is 0 Å². The number of amides is 1. The number of nitrogens with zero attached hydrogens (tertiary/aromatic N) is 1. The molecule has 0 unspecified atom stereocenters. The molecule has 0 bridgehead atoms. The van der Waals surface area contributed by atoms with E-state index >= 15 is 0 Å². The summed E-state index contributed by atoms with van der Waals surface area (Å²) in [7, 11) is 1.58. The number of Topliss-reactive ketones (excluding diaryl/α,β-unsaturated/α-hetero) is 1. The van der Waals surface area contributed by atoms with Crippen LogP contribution in [0.4, 0.5) is 4.79 Å². The predicted molar refractivity (Wildman–Crippen MR) is 72.0 cm³/mol. The highest BCUT2D eigenvalue weighted by atomic mass is 16.6. The quantitative estimate of drug-likeness (QED) is 0.787. The van der Waals surface area contributed by atoms with Crippen molar-refractivity contribution in [2.45, 2.75) is 45.6 Å². The molecule has 0 N–H and O–H groups in total. The van der Waals surface area contributed by atoms with Gasteiger partial charge in [-0.3, -0.25) is 4.79 Å². The lowest BCUT2D eigenvalue weighted by Crippen LogP contribution is -2.44. The summed E-state index contributed by atoms with van der Waals surface area (Å²) in [5, 5.41) is 0. The molecule has 1 aliphatic rings. The number of carbonyl (C=O) groups is 2. The summed E-state index contributed by atoms with van der Waals surface area (Å²) < 4.78 is 10.3. The number of carbonyl (C=O) groups excluding carboxylic acids is 2. The first kappa shape index (κ1) is 16.0. The smallest absolute Gasteiger partial charge is 0.410 e. The number of likely N-dealkylation sites (tertiary alicyclic amines) is 1. The molecule has 0 aromatic rings. The van der Waals surface area contributed by atoms with Crippen LogP contribution in [0.25, 0.3) is 0 Å². The normalized spacial score (nSPS) is 20.2. The summed E-state index contributed by atoms with van der Waals surface area (Å²) >= 11 is 0. The third kappa shape index (κ3) is 5.59. The van der Waals surface area contributed by atoms with Gasteiger partial charge in [-0.1, -0.05) is 0 Å². The Labute approximate surface area is 115 Å². The van der Waals surface area contributed by atoms with E-state index in [2.05, 4.69) is 0 Å². The zero-order valence-corrected chi connectivity index (χ0v) is 12.4. The Morgan fingerprint density at radius 1 is 1.32 bits per heavy atom. The third-order valence-corrected chi connectivity index (χ3v) is 3.08. The number of ketones is 1. The zero-order valence-electron chi connectivity index (χ0n) is 12.4. The standard InChI is InChI=1S/C14H25NO4/c1-14(2,3)19-13(17)15-8-5-6-11(10-15)12(16)7-9-18-4/h11H,5-10H2,1-4H3/t11-/m1/s1. The van der Waals surface area contributed by atoms with Crippen molar-refractivity contribution in [1.82, 2.24) is 4.90 Å². The molecule has 1 fully saturated rings. The fourth-order valence-corrected chi connectivity index (χ4v) is 2.14. The Bertz CT molecular complexity index is 322. The summed E-state index contributed by atoms with van der Waals surface area (Å²) in [5.41, 5.74) is -0.496. The van der Waals surface area contributed by atoms with Crippen molar-refractivity contribution in [2.75, 3.05) is 26.8 Å². The second kappa shape index (κ2) is 6.89. The van der Waals surface area contributed by atoms with Crippen LogP contribution >= 0.6 is 0 Å². The Hall–Kier alpha value is -1.10. The Morgan fingerprint density at radius 2 is 2.00 bits per heavy atom. The Balaban J connectivity index is 2.50. The summed E-state index contributed by atoms with van der Waals surface area (Å²) in [4.78, 5) is 25.6. The number of methoxy groups -OCH3 is 1. The molecule has 0 saturated carbocycles. The van der Waals surface area contributed by atoms with Crippen LogP contribution in [0.2, 0.25) is 0 Å². The molecule has 0 aromatic heterocycles. The highest BCUT2D eigenvalue weighted by molar-refractivity contribution is 5.82. The minimum atomic E-state index is -0.496. The molecule has 1 aliphatic heterocycles. The van der Waals surface area contributed by atoms with Crippen molar-refractivity contribution in [3.63, 3.8) is 0 Å². The van der Waals surface area contributed by atoms with Gasteiger partial charge in [0.05, 0.1) is 6.61 Å². The number of piperidine rings is 1. The average molecular weight is 271 g/mol. The highest BCUT2D eigenvalue weighted by Crippen LogP contribution is 2.20. The fourth-order valence-electron chi connectivity index (χ4n) is 2.14. The summed E-state index contributed by atoms with van der Waals surface area (Å²) in [6.07, 6.45) is 1.80. The molecule has 110 valence electrons. The van der Waals surface area contributed by atoms with Gasteiger partial charge in [-0.15, -0.1) is 0 Å². The molecule has 5 nitrogen and oxygen atoms in total. The topological polar surface area (TPSA) is 55.8 Å². The maximum Gasteiger partial charge on any atom is 0.410 e. The van der Waals surface area contributed by atoms with Crippen molar-refractivity contribution in [3.8, 4) is 0 Å². The molecule has 0 aliphatic carbocycles. The van der Waals surface area contributed by atoms with Crippen molar-refractivity contribution in [2.24, 2.45) is 5.92 Å². The third-order valence-electron chi connectivity index (χ3n) is 3.08. The second-order valence-electron chi connectivity index (χ2n) is 5.97. The van der Waals surface area contributed by atoms with Crippen molar-refractivity contribution in [3.05, 3.63) is 0 Å². The van der Waals surface area contributed by atoms with Gasteiger partial charge in [-0.2, -0.15) is 0 Å². The molecule has 1 rings (SSSR count). The minimum absolute atomic E-state index is 0.0728. The first-order valence-electron chi connectivity index (χ1n) is 6.83. The van der Waals surface area contributed by atoms with Gasteiger partial charge in [0, 0.05) is 32.5 Å². The zero-order chi connectivity index (χ0) is 14.5. The molecule has 1 atom stereocenters. The van der Waals surface area contributed by atoms with Gasteiger partial charge in [0.2, 0.25) is 0 Å². The van der Waals surface area contributed by atoms with E-state index in [1.807, 2.05) is 20.8 Å². The maximum atomic E-state index is 12.0. The largest absolute Gasteiger partial charge is 0.444 e. The molecule has 0 aromatic carbocycles. The van der Waals surface area contributed by atoms with Crippen molar-refractivity contribution >= 4 is 11.9 Å². The van der Waals surface area contributed by atoms with Gasteiger partial charge in [0.15, 0.2) is 0 Å². The number of ether oxygens (including phenoxy) is 2. The average Bonchev–Trinajstić information content (AvgIpc) is 2.34. The van der Waals surface area contributed by atoms with E-state index in [4.69, 9.17) is 9.47 Å². The lowest BCUT2D eigenvalue weighted by molar-refractivity contribution is -0.125. The molecule has 1 heterocycles. The highest BCUT2D eigenvalue weighted by Gasteiger charge is 2.30. The van der Waals surface area contributed by atoms with Crippen LogP contribution in [0, 0.1) is 5.92 Å². The van der Waals surface area contributed by atoms with Crippen LogP contribution in [0.3, 0.4) is 0 Å². The molecular formula is C14H25NO4. The van der Waals surface area contributed by atoms with Crippen molar-refractivity contribution in [1.29, 1.82) is 0 Å². The van der Waals surface area contributed by atoms with E-state index < -0.39 is 5.60 Å². The first-order valence-corrected chi connectivity index (χ1v) is 6.83. The molecule has 1 amide bonds. The molecular weight excluding hydrogens is 246 g/mol. The second-order valence-corrected chi connectivity index (χ2v) is 5.97. The van der Waals surface area contributed by atoms with Crippen LogP contribution in [0.1, 0.15) is 40.0 Å². The Kier molecular flexibility index (Phi) is 5.79. The molecule has 0 spiro atoms. The van der Waals surface area contributed by atoms with Gasteiger partial charge in [-0.05, 0) is 33.6 Å². The molecule has 5 heteroatoms.